The Hall–Kier alpha value is -2.44. The van der Waals surface area contributed by atoms with Crippen molar-refractivity contribution in [3.63, 3.8) is 0 Å². The number of hydrogen-bond acceptors (Lipinski definition) is 5. The molecular weight excluding hydrogens is 284 g/mol. The first-order valence-corrected chi connectivity index (χ1v) is 7.45. The summed E-state index contributed by atoms with van der Waals surface area (Å²) in [5, 5.41) is 10.8. The highest BCUT2D eigenvalue weighted by atomic mass is 16.5. The van der Waals surface area contributed by atoms with Crippen LogP contribution in [-0.2, 0) is 19.4 Å². The van der Waals surface area contributed by atoms with Crippen LogP contribution in [0.15, 0.2) is 21.5 Å². The van der Waals surface area contributed by atoms with Crippen molar-refractivity contribution in [3.05, 3.63) is 45.2 Å². The topological polar surface area (TPSA) is 90.0 Å². The van der Waals surface area contributed by atoms with Gasteiger partial charge in [-0.25, -0.2) is 4.68 Å². The first-order chi connectivity index (χ1) is 10.6. The van der Waals surface area contributed by atoms with Crippen LogP contribution in [0.2, 0.25) is 0 Å². The Kier molecular flexibility index (Phi) is 4.04. The number of fused-ring (bicyclic) bond motifs is 1. The van der Waals surface area contributed by atoms with Crippen LogP contribution in [-0.4, -0.2) is 27.4 Å². The summed E-state index contributed by atoms with van der Waals surface area (Å²) >= 11 is 0. The second kappa shape index (κ2) is 6.13. The quantitative estimate of drug-likeness (QED) is 0.904. The van der Waals surface area contributed by atoms with Crippen LogP contribution >= 0.6 is 0 Å². The number of hydrogen-bond donors (Lipinski definition) is 1. The summed E-state index contributed by atoms with van der Waals surface area (Å²) in [5.74, 6) is 0.264. The first-order valence-electron chi connectivity index (χ1n) is 7.45. The second-order valence-corrected chi connectivity index (χ2v) is 5.46. The number of aromatic nitrogens is 3. The average molecular weight is 302 g/mol. The van der Waals surface area contributed by atoms with E-state index in [9.17, 15) is 9.59 Å². The third-order valence-corrected chi connectivity index (χ3v) is 3.74. The molecule has 1 amide bonds. The highest BCUT2D eigenvalue weighted by molar-refractivity contribution is 5.92. The van der Waals surface area contributed by atoms with Crippen LogP contribution in [0.25, 0.3) is 0 Å². The molecule has 2 aromatic rings. The first kappa shape index (κ1) is 14.5. The molecule has 1 N–H and O–H groups in total. The van der Waals surface area contributed by atoms with Crippen LogP contribution < -0.4 is 10.9 Å². The minimum absolute atomic E-state index is 0.118. The standard InChI is InChI=1S/C15H18N4O3/c1-10-8-13(18-22-10)15(21)16-6-7-19-14(20)9-11-4-2-3-5-12(11)17-19/h8-9H,2-7H2,1H3,(H,16,21). The molecule has 0 aromatic carbocycles. The molecular formula is C15H18N4O3. The summed E-state index contributed by atoms with van der Waals surface area (Å²) in [7, 11) is 0. The second-order valence-electron chi connectivity index (χ2n) is 5.46. The van der Waals surface area contributed by atoms with Gasteiger partial charge in [-0.3, -0.25) is 9.59 Å². The van der Waals surface area contributed by atoms with Crippen molar-refractivity contribution in [2.45, 2.75) is 39.2 Å². The molecule has 0 saturated carbocycles. The lowest BCUT2D eigenvalue weighted by Gasteiger charge is -2.15. The third-order valence-electron chi connectivity index (χ3n) is 3.74. The SMILES string of the molecule is Cc1cc(C(=O)NCCn2nc3c(cc2=O)CCCC3)no1. The van der Waals surface area contributed by atoms with Crippen molar-refractivity contribution in [1.29, 1.82) is 0 Å². The minimum atomic E-state index is -0.317. The van der Waals surface area contributed by atoms with Crippen LogP contribution in [0.4, 0.5) is 0 Å². The minimum Gasteiger partial charge on any atom is -0.361 e. The summed E-state index contributed by atoms with van der Waals surface area (Å²) in [6.45, 7) is 2.38. The van der Waals surface area contributed by atoms with E-state index in [-0.39, 0.29) is 17.2 Å². The predicted octanol–water partition coefficient (Wildman–Crippen LogP) is 0.849. The van der Waals surface area contributed by atoms with Gasteiger partial charge in [0.25, 0.3) is 11.5 Å². The molecule has 0 atom stereocenters. The maximum atomic E-state index is 12.0. The Labute approximate surface area is 127 Å². The molecule has 0 saturated heterocycles. The van der Waals surface area contributed by atoms with E-state index in [0.717, 1.165) is 36.9 Å². The summed E-state index contributed by atoms with van der Waals surface area (Å²) < 4.78 is 6.27. The zero-order valence-electron chi connectivity index (χ0n) is 12.5. The van der Waals surface area contributed by atoms with E-state index < -0.39 is 0 Å². The molecule has 0 spiro atoms. The van der Waals surface area contributed by atoms with Crippen LogP contribution in [0.3, 0.4) is 0 Å². The molecule has 0 bridgehead atoms. The van der Waals surface area contributed by atoms with Gasteiger partial charge in [0, 0.05) is 18.7 Å². The largest absolute Gasteiger partial charge is 0.361 e. The van der Waals surface area contributed by atoms with Crippen molar-refractivity contribution in [3.8, 4) is 0 Å². The summed E-state index contributed by atoms with van der Waals surface area (Å²) in [4.78, 5) is 23.8. The number of carbonyl (C=O) groups is 1. The molecule has 0 unspecified atom stereocenters. The Morgan fingerprint density at radius 3 is 2.95 bits per heavy atom. The Morgan fingerprint density at radius 2 is 2.18 bits per heavy atom. The molecule has 0 fully saturated rings. The molecule has 1 aliphatic carbocycles. The maximum Gasteiger partial charge on any atom is 0.273 e. The van der Waals surface area contributed by atoms with E-state index in [1.165, 1.54) is 4.68 Å². The number of amides is 1. The molecule has 3 rings (SSSR count). The summed E-state index contributed by atoms with van der Waals surface area (Å²) in [6.07, 6.45) is 4.08. The summed E-state index contributed by atoms with van der Waals surface area (Å²) in [5.41, 5.74) is 2.19. The van der Waals surface area contributed by atoms with Crippen LogP contribution in [0, 0.1) is 6.92 Å². The van der Waals surface area contributed by atoms with E-state index in [0.29, 0.717) is 18.8 Å². The van der Waals surface area contributed by atoms with Crippen molar-refractivity contribution < 1.29 is 9.32 Å². The van der Waals surface area contributed by atoms with Gasteiger partial charge in [-0.15, -0.1) is 0 Å². The highest BCUT2D eigenvalue weighted by Gasteiger charge is 2.14. The Morgan fingerprint density at radius 1 is 1.36 bits per heavy atom. The van der Waals surface area contributed by atoms with E-state index in [4.69, 9.17) is 4.52 Å². The predicted molar refractivity (Wildman–Crippen MR) is 78.7 cm³/mol. The van der Waals surface area contributed by atoms with Gasteiger partial charge in [0.2, 0.25) is 0 Å². The van der Waals surface area contributed by atoms with Crippen molar-refractivity contribution >= 4 is 5.91 Å². The zero-order valence-corrected chi connectivity index (χ0v) is 12.5. The Balaban J connectivity index is 1.62. The van der Waals surface area contributed by atoms with Gasteiger partial charge in [-0.2, -0.15) is 5.10 Å². The molecule has 2 heterocycles. The molecule has 7 nitrogen and oxygen atoms in total. The van der Waals surface area contributed by atoms with Gasteiger partial charge >= 0.3 is 0 Å². The van der Waals surface area contributed by atoms with E-state index >= 15 is 0 Å². The van der Waals surface area contributed by atoms with Crippen LogP contribution in [0.1, 0.15) is 40.3 Å². The lowest BCUT2D eigenvalue weighted by Crippen LogP contribution is -2.33. The van der Waals surface area contributed by atoms with Gasteiger partial charge in [-0.05, 0) is 38.2 Å². The molecule has 22 heavy (non-hydrogen) atoms. The van der Waals surface area contributed by atoms with E-state index in [1.54, 1.807) is 19.1 Å². The number of nitrogens with zero attached hydrogens (tertiary/aromatic N) is 3. The lowest BCUT2D eigenvalue weighted by atomic mass is 9.97. The van der Waals surface area contributed by atoms with Gasteiger partial charge < -0.3 is 9.84 Å². The molecule has 7 heteroatoms. The molecule has 116 valence electrons. The fourth-order valence-corrected chi connectivity index (χ4v) is 2.60. The average Bonchev–Trinajstić information content (AvgIpc) is 2.94. The van der Waals surface area contributed by atoms with Crippen molar-refractivity contribution in [1.82, 2.24) is 20.3 Å². The van der Waals surface area contributed by atoms with Gasteiger partial charge in [0.05, 0.1) is 12.2 Å². The fourth-order valence-electron chi connectivity index (χ4n) is 2.60. The van der Waals surface area contributed by atoms with Gasteiger partial charge in [0.1, 0.15) is 5.76 Å². The number of rotatable bonds is 4. The molecule has 2 aromatic heterocycles. The van der Waals surface area contributed by atoms with Gasteiger partial charge in [0.15, 0.2) is 5.69 Å². The molecule has 0 aliphatic heterocycles. The van der Waals surface area contributed by atoms with Crippen molar-refractivity contribution in [2.24, 2.45) is 0 Å². The maximum absolute atomic E-state index is 12.0. The molecule has 1 aliphatic rings. The van der Waals surface area contributed by atoms with E-state index in [2.05, 4.69) is 15.6 Å². The van der Waals surface area contributed by atoms with E-state index in [1.807, 2.05) is 0 Å². The third kappa shape index (κ3) is 3.08. The fraction of sp³-hybridized carbons (Fsp3) is 0.467. The monoisotopic (exact) mass is 302 g/mol. The highest BCUT2D eigenvalue weighted by Crippen LogP contribution is 2.16. The smallest absolute Gasteiger partial charge is 0.273 e. The molecule has 0 radical (unpaired) electrons. The number of aryl methyl sites for hydroxylation is 3. The number of carbonyl (C=O) groups excluding carboxylic acids is 1. The zero-order chi connectivity index (χ0) is 15.5. The number of nitrogens with one attached hydrogen (secondary N) is 1. The Bertz CT molecular complexity index is 747. The van der Waals surface area contributed by atoms with Crippen LogP contribution in [0.5, 0.6) is 0 Å². The normalized spacial score (nSPS) is 13.7. The van der Waals surface area contributed by atoms with Gasteiger partial charge in [-0.1, -0.05) is 5.16 Å². The van der Waals surface area contributed by atoms with Crippen molar-refractivity contribution in [2.75, 3.05) is 6.54 Å². The lowest BCUT2D eigenvalue weighted by molar-refractivity contribution is 0.0942. The summed E-state index contributed by atoms with van der Waals surface area (Å²) in [6, 6.07) is 3.24.